The van der Waals surface area contributed by atoms with Crippen LogP contribution >= 0.6 is 0 Å². The third-order valence-corrected chi connectivity index (χ3v) is 2.74. The molecule has 1 aliphatic rings. The van der Waals surface area contributed by atoms with E-state index >= 15 is 0 Å². The molecule has 82 valence electrons. The van der Waals surface area contributed by atoms with Crippen LogP contribution in [0.5, 0.6) is 0 Å². The fourth-order valence-electron chi connectivity index (χ4n) is 1.77. The van der Waals surface area contributed by atoms with Gasteiger partial charge < -0.3 is 10.2 Å². The van der Waals surface area contributed by atoms with Crippen molar-refractivity contribution in [3.05, 3.63) is 18.0 Å². The summed E-state index contributed by atoms with van der Waals surface area (Å²) in [7, 11) is 1.87. The maximum absolute atomic E-state index is 11.6. The largest absolute Gasteiger partial charge is 0.332 e. The third-order valence-electron chi connectivity index (χ3n) is 2.74. The van der Waals surface area contributed by atoms with E-state index in [1.54, 1.807) is 10.9 Å². The Morgan fingerprint density at radius 2 is 2.27 bits per heavy atom. The number of likely N-dealkylation sites (tertiary alicyclic amines) is 1. The number of carbonyl (C=O) groups excluding carboxylic acids is 1. The molecule has 5 heteroatoms. The molecule has 2 heterocycles. The van der Waals surface area contributed by atoms with Crippen LogP contribution in [0.3, 0.4) is 0 Å². The molecule has 1 saturated heterocycles. The first-order valence-electron chi connectivity index (χ1n) is 5.27. The second-order valence-corrected chi connectivity index (χ2v) is 3.80. The molecule has 2 rings (SSSR count). The van der Waals surface area contributed by atoms with Crippen LogP contribution in [-0.4, -0.2) is 33.8 Å². The lowest BCUT2D eigenvalue weighted by Crippen LogP contribution is -2.37. The smallest absolute Gasteiger partial charge is 0.317 e. The molecule has 0 aliphatic carbocycles. The maximum Gasteiger partial charge on any atom is 0.317 e. The quantitative estimate of drug-likeness (QED) is 0.778. The molecule has 5 nitrogen and oxygen atoms in total. The fraction of sp³-hybridized carbons (Fsp3) is 0.600. The molecule has 0 spiro atoms. The number of hydrogen-bond donors (Lipinski definition) is 1. The van der Waals surface area contributed by atoms with Crippen LogP contribution in [0.1, 0.15) is 18.5 Å². The molecular weight excluding hydrogens is 192 g/mol. The topological polar surface area (TPSA) is 50.2 Å². The second-order valence-electron chi connectivity index (χ2n) is 3.80. The van der Waals surface area contributed by atoms with E-state index in [1.807, 2.05) is 18.0 Å². The van der Waals surface area contributed by atoms with Crippen LogP contribution in [0.4, 0.5) is 4.79 Å². The van der Waals surface area contributed by atoms with Gasteiger partial charge >= 0.3 is 6.03 Å². The summed E-state index contributed by atoms with van der Waals surface area (Å²) < 4.78 is 1.77. The van der Waals surface area contributed by atoms with Crippen molar-refractivity contribution in [2.75, 3.05) is 13.1 Å². The summed E-state index contributed by atoms with van der Waals surface area (Å²) in [5.41, 5.74) is 1.02. The van der Waals surface area contributed by atoms with Crippen molar-refractivity contribution in [3.8, 4) is 0 Å². The van der Waals surface area contributed by atoms with Crippen molar-refractivity contribution in [2.45, 2.75) is 19.4 Å². The predicted molar refractivity (Wildman–Crippen MR) is 56.3 cm³/mol. The molecule has 1 fully saturated rings. The van der Waals surface area contributed by atoms with Crippen LogP contribution in [0.25, 0.3) is 0 Å². The molecule has 0 radical (unpaired) electrons. The Kier molecular flexibility index (Phi) is 2.89. The highest BCUT2D eigenvalue weighted by molar-refractivity contribution is 5.74. The Hall–Kier alpha value is -1.52. The van der Waals surface area contributed by atoms with E-state index in [2.05, 4.69) is 10.4 Å². The molecule has 0 aromatic carbocycles. The van der Waals surface area contributed by atoms with E-state index in [4.69, 9.17) is 0 Å². The first-order valence-corrected chi connectivity index (χ1v) is 5.27. The highest BCUT2D eigenvalue weighted by Crippen LogP contribution is 2.07. The van der Waals surface area contributed by atoms with Crippen molar-refractivity contribution in [1.82, 2.24) is 20.0 Å². The summed E-state index contributed by atoms with van der Waals surface area (Å²) in [5, 5.41) is 6.94. The van der Waals surface area contributed by atoms with Gasteiger partial charge in [0.2, 0.25) is 0 Å². The Morgan fingerprint density at radius 3 is 2.87 bits per heavy atom. The minimum Gasteiger partial charge on any atom is -0.332 e. The number of urea groups is 1. The molecule has 2 amide bonds. The standard InChI is InChI=1S/C10H16N4O/c1-13-9(4-5-12-13)8-11-10(15)14-6-2-3-7-14/h4-5H,2-3,6-8H2,1H3,(H,11,15). The van der Waals surface area contributed by atoms with Gasteiger partial charge in [-0.2, -0.15) is 5.10 Å². The Labute approximate surface area is 89.1 Å². The van der Waals surface area contributed by atoms with Crippen LogP contribution in [0.2, 0.25) is 0 Å². The number of hydrogen-bond acceptors (Lipinski definition) is 2. The molecule has 15 heavy (non-hydrogen) atoms. The van der Waals surface area contributed by atoms with Crippen LogP contribution in [-0.2, 0) is 13.6 Å². The molecule has 0 bridgehead atoms. The predicted octanol–water partition coefficient (Wildman–Crippen LogP) is 0.726. The molecule has 0 atom stereocenters. The van der Waals surface area contributed by atoms with Gasteiger partial charge in [-0.3, -0.25) is 4.68 Å². The van der Waals surface area contributed by atoms with Gasteiger partial charge in [0.25, 0.3) is 0 Å². The van der Waals surface area contributed by atoms with Crippen molar-refractivity contribution < 1.29 is 4.79 Å². The highest BCUT2D eigenvalue weighted by Gasteiger charge is 2.17. The SMILES string of the molecule is Cn1nccc1CNC(=O)N1CCCC1. The number of aromatic nitrogens is 2. The lowest BCUT2D eigenvalue weighted by molar-refractivity contribution is 0.208. The zero-order valence-corrected chi connectivity index (χ0v) is 8.94. The van der Waals surface area contributed by atoms with E-state index in [9.17, 15) is 4.79 Å². The van der Waals surface area contributed by atoms with Gasteiger partial charge in [0.05, 0.1) is 12.2 Å². The highest BCUT2D eigenvalue weighted by atomic mass is 16.2. The van der Waals surface area contributed by atoms with E-state index in [0.29, 0.717) is 6.54 Å². The normalized spacial score (nSPS) is 15.7. The number of nitrogens with zero attached hydrogens (tertiary/aromatic N) is 3. The molecular formula is C10H16N4O. The maximum atomic E-state index is 11.6. The van der Waals surface area contributed by atoms with E-state index in [1.165, 1.54) is 0 Å². The lowest BCUT2D eigenvalue weighted by atomic mass is 10.4. The van der Waals surface area contributed by atoms with Gasteiger partial charge in [-0.25, -0.2) is 4.79 Å². The van der Waals surface area contributed by atoms with Crippen molar-refractivity contribution >= 4 is 6.03 Å². The van der Waals surface area contributed by atoms with Crippen LogP contribution < -0.4 is 5.32 Å². The zero-order valence-electron chi connectivity index (χ0n) is 8.94. The number of amides is 2. The zero-order chi connectivity index (χ0) is 10.7. The number of nitrogens with one attached hydrogen (secondary N) is 1. The van der Waals surface area contributed by atoms with E-state index in [0.717, 1.165) is 31.6 Å². The van der Waals surface area contributed by atoms with Crippen molar-refractivity contribution in [3.63, 3.8) is 0 Å². The molecule has 1 aromatic heterocycles. The van der Waals surface area contributed by atoms with Gasteiger partial charge in [0.1, 0.15) is 0 Å². The van der Waals surface area contributed by atoms with Gasteiger partial charge in [0, 0.05) is 26.3 Å². The summed E-state index contributed by atoms with van der Waals surface area (Å²) in [6.07, 6.45) is 3.98. The summed E-state index contributed by atoms with van der Waals surface area (Å²) in [6, 6.07) is 1.94. The third kappa shape index (κ3) is 2.29. The first kappa shape index (κ1) is 10.0. The Morgan fingerprint density at radius 1 is 1.53 bits per heavy atom. The second kappa shape index (κ2) is 4.33. The number of aryl methyl sites for hydroxylation is 1. The molecule has 1 aliphatic heterocycles. The molecule has 1 N–H and O–H groups in total. The van der Waals surface area contributed by atoms with Gasteiger partial charge in [-0.1, -0.05) is 0 Å². The van der Waals surface area contributed by atoms with Gasteiger partial charge in [-0.15, -0.1) is 0 Å². The average Bonchev–Trinajstić information content (AvgIpc) is 2.85. The number of rotatable bonds is 2. The van der Waals surface area contributed by atoms with Gasteiger partial charge in [0.15, 0.2) is 0 Å². The number of carbonyl (C=O) groups is 1. The summed E-state index contributed by atoms with van der Waals surface area (Å²) in [6.45, 7) is 2.32. The molecule has 1 aromatic rings. The van der Waals surface area contributed by atoms with Crippen molar-refractivity contribution in [1.29, 1.82) is 0 Å². The van der Waals surface area contributed by atoms with Crippen molar-refractivity contribution in [2.24, 2.45) is 7.05 Å². The van der Waals surface area contributed by atoms with Crippen LogP contribution in [0, 0.1) is 0 Å². The first-order chi connectivity index (χ1) is 7.27. The monoisotopic (exact) mass is 208 g/mol. The lowest BCUT2D eigenvalue weighted by Gasteiger charge is -2.15. The summed E-state index contributed by atoms with van der Waals surface area (Å²) in [5.74, 6) is 0. The summed E-state index contributed by atoms with van der Waals surface area (Å²) in [4.78, 5) is 13.5. The Bertz CT molecular complexity index is 341. The average molecular weight is 208 g/mol. The Balaban J connectivity index is 1.83. The van der Waals surface area contributed by atoms with Gasteiger partial charge in [-0.05, 0) is 18.9 Å². The van der Waals surface area contributed by atoms with Crippen LogP contribution in [0.15, 0.2) is 12.3 Å². The molecule has 0 unspecified atom stereocenters. The van der Waals surface area contributed by atoms with E-state index < -0.39 is 0 Å². The molecule has 0 saturated carbocycles. The minimum atomic E-state index is 0.0358. The fourth-order valence-corrected chi connectivity index (χ4v) is 1.77. The minimum absolute atomic E-state index is 0.0358. The van der Waals surface area contributed by atoms with E-state index in [-0.39, 0.29) is 6.03 Å². The summed E-state index contributed by atoms with van der Waals surface area (Å²) >= 11 is 0.